The van der Waals surface area contributed by atoms with Gasteiger partial charge in [0.05, 0.1) is 17.4 Å². The fraction of sp³-hybridized carbons (Fsp3) is 0.250. The molecule has 0 saturated carbocycles. The summed E-state index contributed by atoms with van der Waals surface area (Å²) < 4.78 is 1.94. The second kappa shape index (κ2) is 5.38. The van der Waals surface area contributed by atoms with E-state index in [1.165, 1.54) is 12.3 Å². The summed E-state index contributed by atoms with van der Waals surface area (Å²) in [7, 11) is 1.93. The third-order valence-electron chi connectivity index (χ3n) is 2.78. The van der Waals surface area contributed by atoms with Gasteiger partial charge >= 0.3 is 0 Å². The number of hydrogen-bond acceptors (Lipinski definition) is 5. The molecule has 2 aromatic heterocycles. The van der Waals surface area contributed by atoms with Gasteiger partial charge in [-0.2, -0.15) is 0 Å². The minimum Gasteiger partial charge on any atom is -0.384 e. The molecular weight excluding hydrogens is 244 g/mol. The van der Waals surface area contributed by atoms with Crippen molar-refractivity contribution in [1.82, 2.24) is 14.5 Å². The lowest BCUT2D eigenvalue weighted by molar-refractivity contribution is 0.100. The van der Waals surface area contributed by atoms with Crippen LogP contribution in [0.3, 0.4) is 0 Å². The van der Waals surface area contributed by atoms with Gasteiger partial charge in [-0.3, -0.25) is 4.79 Å². The summed E-state index contributed by atoms with van der Waals surface area (Å²) in [4.78, 5) is 19.5. The minimum atomic E-state index is -0.534. The Hall–Kier alpha value is -2.57. The molecule has 0 unspecified atom stereocenters. The lowest BCUT2D eigenvalue weighted by atomic mass is 10.2. The molecule has 2 aromatic rings. The molecule has 19 heavy (non-hydrogen) atoms. The molecule has 5 N–H and O–H groups in total. The van der Waals surface area contributed by atoms with Crippen LogP contribution in [0.5, 0.6) is 0 Å². The fourth-order valence-electron chi connectivity index (χ4n) is 1.76. The molecular formula is C12H16N6O. The standard InChI is InChI=1S/C12H16N6O/c1-18-5-4-16-11(18)2-3-15-9-7-17-10(13)6-8(9)12(14)19/h4-7,15H,2-3H2,1H3,(H2,13,17)(H2,14,19). The van der Waals surface area contributed by atoms with Crippen LogP contribution in [0.4, 0.5) is 11.5 Å². The Morgan fingerprint density at radius 2 is 2.26 bits per heavy atom. The van der Waals surface area contributed by atoms with Crippen molar-refractivity contribution in [3.8, 4) is 0 Å². The number of aromatic nitrogens is 3. The Bertz CT molecular complexity index is 592. The van der Waals surface area contributed by atoms with Gasteiger partial charge in [0, 0.05) is 32.4 Å². The topological polar surface area (TPSA) is 112 Å². The van der Waals surface area contributed by atoms with E-state index >= 15 is 0 Å². The molecule has 0 fully saturated rings. The summed E-state index contributed by atoms with van der Waals surface area (Å²) in [6, 6.07) is 1.46. The maximum absolute atomic E-state index is 11.3. The number of aryl methyl sites for hydroxylation is 1. The number of rotatable bonds is 5. The highest BCUT2D eigenvalue weighted by molar-refractivity contribution is 5.98. The van der Waals surface area contributed by atoms with Crippen molar-refractivity contribution in [3.05, 3.63) is 36.0 Å². The second-order valence-corrected chi connectivity index (χ2v) is 4.15. The van der Waals surface area contributed by atoms with Gasteiger partial charge in [0.2, 0.25) is 0 Å². The van der Waals surface area contributed by atoms with Crippen molar-refractivity contribution in [3.63, 3.8) is 0 Å². The van der Waals surface area contributed by atoms with Crippen molar-refractivity contribution < 1.29 is 4.79 Å². The second-order valence-electron chi connectivity index (χ2n) is 4.15. The van der Waals surface area contributed by atoms with E-state index in [0.29, 0.717) is 17.8 Å². The van der Waals surface area contributed by atoms with Crippen LogP contribution >= 0.6 is 0 Å². The monoisotopic (exact) mass is 260 g/mol. The van der Waals surface area contributed by atoms with Gasteiger partial charge in [-0.15, -0.1) is 0 Å². The van der Waals surface area contributed by atoms with Crippen LogP contribution in [-0.4, -0.2) is 27.0 Å². The van der Waals surface area contributed by atoms with E-state index in [2.05, 4.69) is 15.3 Å². The molecule has 0 atom stereocenters. The third-order valence-corrected chi connectivity index (χ3v) is 2.78. The number of amides is 1. The predicted molar refractivity (Wildman–Crippen MR) is 72.6 cm³/mol. The summed E-state index contributed by atoms with van der Waals surface area (Å²) in [5.74, 6) is 0.688. The van der Waals surface area contributed by atoms with Crippen LogP contribution in [-0.2, 0) is 13.5 Å². The average molecular weight is 260 g/mol. The highest BCUT2D eigenvalue weighted by Crippen LogP contribution is 2.15. The van der Waals surface area contributed by atoms with Crippen molar-refractivity contribution in [2.24, 2.45) is 12.8 Å². The first kappa shape index (κ1) is 12.9. The van der Waals surface area contributed by atoms with Gasteiger partial charge in [-0.05, 0) is 6.07 Å². The number of carbonyl (C=O) groups excluding carboxylic acids is 1. The predicted octanol–water partition coefficient (Wildman–Crippen LogP) is 0.151. The zero-order valence-electron chi connectivity index (χ0n) is 10.6. The van der Waals surface area contributed by atoms with E-state index in [4.69, 9.17) is 11.5 Å². The molecule has 100 valence electrons. The molecule has 0 bridgehead atoms. The van der Waals surface area contributed by atoms with Crippen LogP contribution in [0.2, 0.25) is 0 Å². The molecule has 0 saturated heterocycles. The number of nitrogens with two attached hydrogens (primary N) is 2. The number of hydrogen-bond donors (Lipinski definition) is 3. The Morgan fingerprint density at radius 3 is 2.89 bits per heavy atom. The third kappa shape index (κ3) is 3.01. The Morgan fingerprint density at radius 1 is 1.47 bits per heavy atom. The van der Waals surface area contributed by atoms with E-state index in [1.807, 2.05) is 17.8 Å². The first-order valence-electron chi connectivity index (χ1n) is 5.83. The lowest BCUT2D eigenvalue weighted by Gasteiger charge is -2.10. The molecule has 7 nitrogen and oxygen atoms in total. The van der Waals surface area contributed by atoms with E-state index in [0.717, 1.165) is 12.2 Å². The van der Waals surface area contributed by atoms with Crippen LogP contribution in [0.25, 0.3) is 0 Å². The summed E-state index contributed by atoms with van der Waals surface area (Å²) in [6.07, 6.45) is 5.86. The van der Waals surface area contributed by atoms with Crippen LogP contribution in [0.15, 0.2) is 24.7 Å². The number of pyridine rings is 1. The highest BCUT2D eigenvalue weighted by Gasteiger charge is 2.09. The van der Waals surface area contributed by atoms with E-state index in [-0.39, 0.29) is 5.82 Å². The molecule has 0 aliphatic carbocycles. The van der Waals surface area contributed by atoms with Crippen LogP contribution in [0, 0.1) is 0 Å². The van der Waals surface area contributed by atoms with E-state index < -0.39 is 5.91 Å². The molecule has 2 heterocycles. The average Bonchev–Trinajstić information content (AvgIpc) is 2.77. The number of nitrogens with zero attached hydrogens (tertiary/aromatic N) is 3. The number of carbonyl (C=O) groups is 1. The summed E-state index contributed by atoms with van der Waals surface area (Å²) in [5, 5.41) is 3.12. The van der Waals surface area contributed by atoms with Crippen molar-refractivity contribution in [1.29, 1.82) is 0 Å². The number of primary amides is 1. The fourth-order valence-corrected chi connectivity index (χ4v) is 1.76. The largest absolute Gasteiger partial charge is 0.384 e. The molecule has 0 radical (unpaired) electrons. The maximum atomic E-state index is 11.3. The molecule has 0 spiro atoms. The Balaban J connectivity index is 2.03. The van der Waals surface area contributed by atoms with Crippen molar-refractivity contribution in [2.75, 3.05) is 17.6 Å². The van der Waals surface area contributed by atoms with Crippen molar-refractivity contribution >= 4 is 17.4 Å². The zero-order valence-corrected chi connectivity index (χ0v) is 10.6. The highest BCUT2D eigenvalue weighted by atomic mass is 16.1. The summed E-state index contributed by atoms with van der Waals surface area (Å²) in [6.45, 7) is 0.622. The van der Waals surface area contributed by atoms with Crippen molar-refractivity contribution in [2.45, 2.75) is 6.42 Å². The maximum Gasteiger partial charge on any atom is 0.250 e. The molecule has 0 aromatic carbocycles. The smallest absolute Gasteiger partial charge is 0.250 e. The van der Waals surface area contributed by atoms with Crippen LogP contribution in [0.1, 0.15) is 16.2 Å². The number of imidazole rings is 1. The van der Waals surface area contributed by atoms with Gasteiger partial charge in [-0.1, -0.05) is 0 Å². The van der Waals surface area contributed by atoms with E-state index in [1.54, 1.807) is 6.20 Å². The minimum absolute atomic E-state index is 0.267. The quantitative estimate of drug-likeness (QED) is 0.708. The lowest BCUT2D eigenvalue weighted by Crippen LogP contribution is -2.17. The van der Waals surface area contributed by atoms with Crippen LogP contribution < -0.4 is 16.8 Å². The first-order chi connectivity index (χ1) is 9.08. The van der Waals surface area contributed by atoms with Gasteiger partial charge in [0.1, 0.15) is 11.6 Å². The molecule has 0 aliphatic rings. The normalized spacial score (nSPS) is 10.4. The molecule has 0 aliphatic heterocycles. The number of nitrogen functional groups attached to an aromatic ring is 1. The molecule has 7 heteroatoms. The number of anilines is 2. The molecule has 1 amide bonds. The van der Waals surface area contributed by atoms with Gasteiger partial charge in [0.25, 0.3) is 5.91 Å². The van der Waals surface area contributed by atoms with Gasteiger partial charge in [0.15, 0.2) is 0 Å². The molecule has 2 rings (SSSR count). The SMILES string of the molecule is Cn1ccnc1CCNc1cnc(N)cc1C(N)=O. The number of nitrogens with one attached hydrogen (secondary N) is 1. The zero-order chi connectivity index (χ0) is 13.8. The Labute approximate surface area is 110 Å². The first-order valence-corrected chi connectivity index (χ1v) is 5.83. The Kier molecular flexibility index (Phi) is 3.65. The van der Waals surface area contributed by atoms with Gasteiger partial charge < -0.3 is 21.4 Å². The van der Waals surface area contributed by atoms with Gasteiger partial charge in [-0.25, -0.2) is 9.97 Å². The van der Waals surface area contributed by atoms with E-state index in [9.17, 15) is 4.79 Å². The summed E-state index contributed by atoms with van der Waals surface area (Å²) in [5.41, 5.74) is 11.7. The summed E-state index contributed by atoms with van der Waals surface area (Å²) >= 11 is 0.